The van der Waals surface area contributed by atoms with Crippen LogP contribution in [0.5, 0.6) is 0 Å². The third-order valence-electron chi connectivity index (χ3n) is 2.56. The van der Waals surface area contributed by atoms with Crippen molar-refractivity contribution in [3.8, 4) is 0 Å². The highest BCUT2D eigenvalue weighted by Gasteiger charge is 2.12. The van der Waals surface area contributed by atoms with Gasteiger partial charge < -0.3 is 16.3 Å². The van der Waals surface area contributed by atoms with E-state index in [9.17, 15) is 4.79 Å². The van der Waals surface area contributed by atoms with Crippen molar-refractivity contribution in [2.24, 2.45) is 10.9 Å². The number of halogens is 1. The molecule has 1 aromatic carbocycles. The summed E-state index contributed by atoms with van der Waals surface area (Å²) in [6.45, 7) is 0. The molecule has 7 heteroatoms. The molecule has 20 heavy (non-hydrogen) atoms. The molecule has 0 aliphatic carbocycles. The lowest BCUT2D eigenvalue weighted by atomic mass is 10.1. The third kappa shape index (κ3) is 3.12. The quantitative estimate of drug-likeness (QED) is 0.346. The van der Waals surface area contributed by atoms with Gasteiger partial charge >= 0.3 is 0 Å². The Hall–Kier alpha value is -2.41. The highest BCUT2D eigenvalue weighted by molar-refractivity contribution is 9.10. The number of carbonyl (C=O) groups is 1. The number of carbonyl (C=O) groups excluding carboxylic acids is 1. The molecule has 1 aromatic heterocycles. The van der Waals surface area contributed by atoms with E-state index < -0.39 is 0 Å². The Morgan fingerprint density at radius 1 is 1.30 bits per heavy atom. The molecule has 4 N–H and O–H groups in total. The molecule has 1 amide bonds. The first kappa shape index (κ1) is 14.0. The molecule has 0 fully saturated rings. The van der Waals surface area contributed by atoms with Gasteiger partial charge in [0.05, 0.1) is 5.69 Å². The van der Waals surface area contributed by atoms with E-state index in [0.717, 1.165) is 4.47 Å². The second-order valence-corrected chi connectivity index (χ2v) is 4.78. The number of nitrogens with zero attached hydrogens (tertiary/aromatic N) is 2. The number of rotatable bonds is 3. The fourth-order valence-corrected chi connectivity index (χ4v) is 1.95. The molecule has 0 atom stereocenters. The summed E-state index contributed by atoms with van der Waals surface area (Å²) < 4.78 is 0.751. The van der Waals surface area contributed by atoms with Gasteiger partial charge in [-0.05, 0) is 30.3 Å². The van der Waals surface area contributed by atoms with Crippen molar-refractivity contribution in [2.75, 3.05) is 5.32 Å². The summed E-state index contributed by atoms with van der Waals surface area (Å²) in [5, 5.41) is 14.4. The molecule has 0 unspecified atom stereocenters. The zero-order valence-corrected chi connectivity index (χ0v) is 11.8. The van der Waals surface area contributed by atoms with E-state index >= 15 is 0 Å². The van der Waals surface area contributed by atoms with Crippen LogP contribution in [0.1, 0.15) is 15.9 Å². The monoisotopic (exact) mass is 334 g/mol. The highest BCUT2D eigenvalue weighted by Crippen LogP contribution is 2.21. The molecule has 0 aliphatic rings. The number of pyridine rings is 1. The number of benzene rings is 1. The minimum absolute atomic E-state index is 0.0867. The van der Waals surface area contributed by atoms with E-state index in [1.807, 2.05) is 0 Å². The fraction of sp³-hybridized carbons (Fsp3) is 0. The van der Waals surface area contributed by atoms with Gasteiger partial charge in [-0.1, -0.05) is 21.1 Å². The topological polar surface area (TPSA) is 101 Å². The Balaban J connectivity index is 2.32. The maximum absolute atomic E-state index is 12.1. The second kappa shape index (κ2) is 6.16. The Bertz CT molecular complexity index is 659. The lowest BCUT2D eigenvalue weighted by Crippen LogP contribution is -2.19. The third-order valence-corrected chi connectivity index (χ3v) is 3.05. The number of oxime groups is 1. The van der Waals surface area contributed by atoms with Gasteiger partial charge in [-0.3, -0.25) is 9.78 Å². The van der Waals surface area contributed by atoms with Crippen LogP contribution in [0, 0.1) is 0 Å². The number of nitrogens with one attached hydrogen (secondary N) is 1. The molecule has 0 radical (unpaired) electrons. The zero-order chi connectivity index (χ0) is 14.5. The molecule has 0 aliphatic heterocycles. The van der Waals surface area contributed by atoms with Crippen LogP contribution >= 0.6 is 15.9 Å². The van der Waals surface area contributed by atoms with Gasteiger partial charge in [0.1, 0.15) is 0 Å². The van der Waals surface area contributed by atoms with Gasteiger partial charge in [-0.2, -0.15) is 0 Å². The van der Waals surface area contributed by atoms with E-state index in [1.54, 1.807) is 30.3 Å². The number of amides is 1. The van der Waals surface area contributed by atoms with Gasteiger partial charge in [-0.25, -0.2) is 0 Å². The van der Waals surface area contributed by atoms with Crippen LogP contribution in [0.3, 0.4) is 0 Å². The van der Waals surface area contributed by atoms with Crippen LogP contribution in [0.4, 0.5) is 5.69 Å². The van der Waals surface area contributed by atoms with E-state index in [4.69, 9.17) is 10.9 Å². The highest BCUT2D eigenvalue weighted by atomic mass is 79.9. The molecule has 1 heterocycles. The van der Waals surface area contributed by atoms with Gasteiger partial charge in [0.15, 0.2) is 5.84 Å². The summed E-state index contributed by atoms with van der Waals surface area (Å²) >= 11 is 3.29. The Kier molecular flexibility index (Phi) is 4.31. The summed E-state index contributed by atoms with van der Waals surface area (Å²) in [5.41, 5.74) is 6.93. The van der Waals surface area contributed by atoms with Gasteiger partial charge in [0.25, 0.3) is 5.91 Å². The van der Waals surface area contributed by atoms with Gasteiger partial charge in [-0.15, -0.1) is 0 Å². The molecule has 2 aromatic rings. The molecule has 102 valence electrons. The molecule has 0 saturated carbocycles. The van der Waals surface area contributed by atoms with Gasteiger partial charge in [0.2, 0.25) is 0 Å². The van der Waals surface area contributed by atoms with E-state index in [-0.39, 0.29) is 11.7 Å². The number of amidine groups is 1. The maximum atomic E-state index is 12.1. The van der Waals surface area contributed by atoms with Crippen molar-refractivity contribution in [1.29, 1.82) is 0 Å². The van der Waals surface area contributed by atoms with Crippen molar-refractivity contribution in [1.82, 2.24) is 4.98 Å². The first-order chi connectivity index (χ1) is 9.61. The van der Waals surface area contributed by atoms with Crippen LogP contribution in [0.25, 0.3) is 0 Å². The predicted octanol–water partition coefficient (Wildman–Crippen LogP) is 2.19. The van der Waals surface area contributed by atoms with Crippen LogP contribution < -0.4 is 11.1 Å². The Morgan fingerprint density at radius 2 is 2.00 bits per heavy atom. The molecular weight excluding hydrogens is 324 g/mol. The number of aromatic nitrogens is 1. The minimum Gasteiger partial charge on any atom is -0.409 e. The number of hydrogen-bond donors (Lipinski definition) is 3. The summed E-state index contributed by atoms with van der Waals surface area (Å²) in [6.07, 6.45) is 3.06. The molecule has 0 saturated heterocycles. The minimum atomic E-state index is -0.304. The smallest absolute Gasteiger partial charge is 0.255 e. The fourth-order valence-electron chi connectivity index (χ4n) is 1.59. The molecule has 0 spiro atoms. The van der Waals surface area contributed by atoms with E-state index in [0.29, 0.717) is 16.8 Å². The largest absolute Gasteiger partial charge is 0.409 e. The standard InChI is InChI=1S/C13H11BrN4O2/c14-9-1-2-11(10(7-9)12(15)18-20)17-13(19)8-3-5-16-6-4-8/h1-7,20H,(H2,15,18)(H,17,19). The number of hydrogen-bond acceptors (Lipinski definition) is 4. The van der Waals surface area contributed by atoms with Crippen LogP contribution in [-0.4, -0.2) is 21.9 Å². The molecule has 6 nitrogen and oxygen atoms in total. The Morgan fingerprint density at radius 3 is 2.65 bits per heavy atom. The summed E-state index contributed by atoms with van der Waals surface area (Å²) in [5.74, 6) is -0.391. The normalized spacial score (nSPS) is 11.2. The van der Waals surface area contributed by atoms with Crippen molar-refractivity contribution in [3.05, 3.63) is 58.3 Å². The van der Waals surface area contributed by atoms with Crippen molar-refractivity contribution in [3.63, 3.8) is 0 Å². The summed E-state index contributed by atoms with van der Waals surface area (Å²) in [4.78, 5) is 15.9. The number of anilines is 1. The maximum Gasteiger partial charge on any atom is 0.255 e. The Labute approximate surface area is 123 Å². The van der Waals surface area contributed by atoms with Crippen LogP contribution in [-0.2, 0) is 0 Å². The molecule has 2 rings (SSSR count). The molecular formula is C13H11BrN4O2. The predicted molar refractivity (Wildman–Crippen MR) is 78.8 cm³/mol. The van der Waals surface area contributed by atoms with Crippen molar-refractivity contribution in [2.45, 2.75) is 0 Å². The summed E-state index contributed by atoms with van der Waals surface area (Å²) in [6, 6.07) is 8.25. The zero-order valence-electron chi connectivity index (χ0n) is 10.2. The SMILES string of the molecule is N/C(=N/O)c1cc(Br)ccc1NC(=O)c1ccncc1. The lowest BCUT2D eigenvalue weighted by Gasteiger charge is -2.10. The second-order valence-electron chi connectivity index (χ2n) is 3.87. The lowest BCUT2D eigenvalue weighted by molar-refractivity contribution is 0.102. The van der Waals surface area contributed by atoms with E-state index in [1.165, 1.54) is 12.4 Å². The average molecular weight is 335 g/mol. The van der Waals surface area contributed by atoms with Crippen LogP contribution in [0.2, 0.25) is 0 Å². The summed E-state index contributed by atoms with van der Waals surface area (Å²) in [7, 11) is 0. The van der Waals surface area contributed by atoms with Crippen molar-refractivity contribution < 1.29 is 10.0 Å². The first-order valence-corrected chi connectivity index (χ1v) is 6.40. The first-order valence-electron chi connectivity index (χ1n) is 5.60. The average Bonchev–Trinajstić information content (AvgIpc) is 2.49. The van der Waals surface area contributed by atoms with Crippen molar-refractivity contribution >= 4 is 33.4 Å². The van der Waals surface area contributed by atoms with Gasteiger partial charge in [0, 0.05) is 28.0 Å². The van der Waals surface area contributed by atoms with Crippen LogP contribution in [0.15, 0.2) is 52.4 Å². The number of nitrogens with two attached hydrogens (primary N) is 1. The molecule has 0 bridgehead atoms. The van der Waals surface area contributed by atoms with E-state index in [2.05, 4.69) is 31.4 Å².